The van der Waals surface area contributed by atoms with E-state index in [9.17, 15) is 8.42 Å². The number of aliphatic imine (C=N–C) groups is 1. The second kappa shape index (κ2) is 12.5. The lowest BCUT2D eigenvalue weighted by atomic mass is 10.2. The molecule has 1 aromatic rings. The molecule has 0 fully saturated rings. The highest BCUT2D eigenvalue weighted by Gasteiger charge is 2.23. The molecule has 0 aromatic carbocycles. The lowest BCUT2D eigenvalue weighted by Gasteiger charge is -2.30. The topological polar surface area (TPSA) is 77.0 Å². The third-order valence-electron chi connectivity index (χ3n) is 4.81. The second-order valence-corrected chi connectivity index (χ2v) is 10.7. The van der Waals surface area contributed by atoms with Crippen LogP contribution in [0.3, 0.4) is 0 Å². The highest BCUT2D eigenvalue weighted by Crippen LogP contribution is 2.25. The van der Waals surface area contributed by atoms with Crippen LogP contribution in [0.2, 0.25) is 0 Å². The van der Waals surface area contributed by atoms with Crippen molar-refractivity contribution < 1.29 is 8.42 Å². The molecule has 1 heterocycles. The first-order chi connectivity index (χ1) is 13.7. The molecular formula is C20H39N5O2S2. The molecule has 0 bridgehead atoms. The fourth-order valence-electron chi connectivity index (χ4n) is 3.26. The number of guanidine groups is 1. The van der Waals surface area contributed by atoms with E-state index in [0.717, 1.165) is 30.3 Å². The third-order valence-corrected chi connectivity index (χ3v) is 8.48. The Morgan fingerprint density at radius 2 is 1.66 bits per heavy atom. The second-order valence-electron chi connectivity index (χ2n) is 7.41. The van der Waals surface area contributed by atoms with Crippen LogP contribution in [0.15, 0.2) is 21.3 Å². The van der Waals surface area contributed by atoms with Gasteiger partial charge in [-0.15, -0.1) is 11.3 Å². The fourth-order valence-corrected chi connectivity index (χ4v) is 6.23. The van der Waals surface area contributed by atoms with Crippen molar-refractivity contribution in [2.45, 2.75) is 64.3 Å². The lowest BCUT2D eigenvalue weighted by Crippen LogP contribution is -2.45. The predicted octanol–water partition coefficient (Wildman–Crippen LogP) is 2.60. The van der Waals surface area contributed by atoms with Gasteiger partial charge in [0.25, 0.3) is 10.0 Å². The Kier molecular flexibility index (Phi) is 11.2. The molecule has 0 aliphatic heterocycles. The number of nitrogens with one attached hydrogen (secondary N) is 2. The Morgan fingerprint density at radius 1 is 1.07 bits per heavy atom. The molecule has 1 aromatic heterocycles. The van der Waals surface area contributed by atoms with Crippen LogP contribution in [0.5, 0.6) is 0 Å². The average molecular weight is 446 g/mol. The Labute approximate surface area is 181 Å². The first-order valence-electron chi connectivity index (χ1n) is 10.5. The van der Waals surface area contributed by atoms with E-state index in [1.165, 1.54) is 15.6 Å². The summed E-state index contributed by atoms with van der Waals surface area (Å²) in [6, 6.07) is 4.63. The third kappa shape index (κ3) is 7.88. The molecule has 0 saturated heterocycles. The Morgan fingerprint density at radius 3 is 2.17 bits per heavy atom. The van der Waals surface area contributed by atoms with Crippen LogP contribution in [0.1, 0.15) is 46.4 Å². The van der Waals surface area contributed by atoms with E-state index < -0.39 is 10.0 Å². The van der Waals surface area contributed by atoms with E-state index in [1.807, 2.05) is 19.9 Å². The molecule has 168 valence electrons. The summed E-state index contributed by atoms with van der Waals surface area (Å²) in [5.41, 5.74) is 0. The monoisotopic (exact) mass is 445 g/mol. The van der Waals surface area contributed by atoms with Crippen LogP contribution in [0, 0.1) is 0 Å². The number of nitrogens with zero attached hydrogens (tertiary/aromatic N) is 3. The van der Waals surface area contributed by atoms with Crippen molar-refractivity contribution in [3.05, 3.63) is 17.0 Å². The van der Waals surface area contributed by atoms with Gasteiger partial charge in [-0.25, -0.2) is 8.42 Å². The number of rotatable bonds is 12. The van der Waals surface area contributed by atoms with Gasteiger partial charge in [0, 0.05) is 56.7 Å². The normalized spacial score (nSPS) is 13.1. The zero-order valence-corrected chi connectivity index (χ0v) is 20.7. The summed E-state index contributed by atoms with van der Waals surface area (Å²) in [6.07, 6.45) is 0.753. The predicted molar refractivity (Wildman–Crippen MR) is 124 cm³/mol. The fraction of sp³-hybridized carbons (Fsp3) is 0.750. The minimum Gasteiger partial charge on any atom is -0.356 e. The summed E-state index contributed by atoms with van der Waals surface area (Å²) in [6.45, 7) is 16.0. The van der Waals surface area contributed by atoms with E-state index in [2.05, 4.69) is 48.2 Å². The van der Waals surface area contributed by atoms with E-state index in [0.29, 0.717) is 35.9 Å². The first kappa shape index (κ1) is 25.9. The van der Waals surface area contributed by atoms with Gasteiger partial charge < -0.3 is 10.6 Å². The maximum Gasteiger partial charge on any atom is 0.252 e. The standard InChI is InChI=1S/C20H39N5O2S2/c1-8-24(9-2)29(26,27)19-11-10-18(28-19)12-13-22-20(21-7)23-14-15-25(16(3)4)17(5)6/h10-11,16-17H,8-9,12-15H2,1-7H3,(H2,21,22,23). The largest absolute Gasteiger partial charge is 0.356 e. The summed E-state index contributed by atoms with van der Waals surface area (Å²) < 4.78 is 27.1. The zero-order chi connectivity index (χ0) is 22.0. The molecule has 0 aliphatic carbocycles. The van der Waals surface area contributed by atoms with Gasteiger partial charge >= 0.3 is 0 Å². The van der Waals surface area contributed by atoms with Crippen molar-refractivity contribution in [1.82, 2.24) is 19.8 Å². The molecule has 29 heavy (non-hydrogen) atoms. The molecule has 7 nitrogen and oxygen atoms in total. The minimum atomic E-state index is -3.37. The average Bonchev–Trinajstić information content (AvgIpc) is 3.13. The smallest absolute Gasteiger partial charge is 0.252 e. The van der Waals surface area contributed by atoms with Gasteiger partial charge in [-0.05, 0) is 46.2 Å². The SMILES string of the molecule is CCN(CC)S(=O)(=O)c1ccc(CCNC(=NC)NCCN(C(C)C)C(C)C)s1. The molecule has 0 amide bonds. The quantitative estimate of drug-likeness (QED) is 0.382. The minimum absolute atomic E-state index is 0.418. The number of sulfonamides is 1. The van der Waals surface area contributed by atoms with Crippen molar-refractivity contribution in [3.63, 3.8) is 0 Å². The van der Waals surface area contributed by atoms with Gasteiger partial charge in [-0.3, -0.25) is 9.89 Å². The Bertz CT molecular complexity index is 717. The van der Waals surface area contributed by atoms with Crippen molar-refractivity contribution >= 4 is 27.3 Å². The maximum atomic E-state index is 12.6. The number of hydrogen-bond donors (Lipinski definition) is 2. The van der Waals surface area contributed by atoms with Crippen LogP contribution < -0.4 is 10.6 Å². The molecule has 0 radical (unpaired) electrons. The molecule has 0 atom stereocenters. The van der Waals surface area contributed by atoms with Crippen molar-refractivity contribution in [2.75, 3.05) is 39.8 Å². The maximum absolute atomic E-state index is 12.6. The van der Waals surface area contributed by atoms with Crippen molar-refractivity contribution in [3.8, 4) is 0 Å². The van der Waals surface area contributed by atoms with Gasteiger partial charge in [0.05, 0.1) is 0 Å². The molecule has 2 N–H and O–H groups in total. The van der Waals surface area contributed by atoms with E-state index >= 15 is 0 Å². The summed E-state index contributed by atoms with van der Waals surface area (Å²) in [7, 11) is -1.61. The molecule has 0 spiro atoms. The Balaban J connectivity index is 2.51. The van der Waals surface area contributed by atoms with E-state index in [4.69, 9.17) is 0 Å². The molecular weight excluding hydrogens is 406 g/mol. The van der Waals surface area contributed by atoms with E-state index in [-0.39, 0.29) is 0 Å². The molecule has 0 saturated carbocycles. The van der Waals surface area contributed by atoms with Crippen molar-refractivity contribution in [1.29, 1.82) is 0 Å². The summed E-state index contributed by atoms with van der Waals surface area (Å²) >= 11 is 1.35. The number of thiophene rings is 1. The van der Waals surface area contributed by atoms with Gasteiger partial charge in [-0.2, -0.15) is 4.31 Å². The lowest BCUT2D eigenvalue weighted by molar-refractivity contribution is 0.178. The van der Waals surface area contributed by atoms with E-state index in [1.54, 1.807) is 13.1 Å². The van der Waals surface area contributed by atoms with Crippen LogP contribution in [0.25, 0.3) is 0 Å². The summed E-state index contributed by atoms with van der Waals surface area (Å²) in [5.74, 6) is 0.769. The van der Waals surface area contributed by atoms with Gasteiger partial charge in [0.2, 0.25) is 0 Å². The zero-order valence-electron chi connectivity index (χ0n) is 19.0. The molecule has 1 rings (SSSR count). The van der Waals surface area contributed by atoms with Gasteiger partial charge in [0.15, 0.2) is 5.96 Å². The van der Waals surface area contributed by atoms with Crippen LogP contribution in [-0.2, 0) is 16.4 Å². The van der Waals surface area contributed by atoms with Gasteiger partial charge in [0.1, 0.15) is 4.21 Å². The highest BCUT2D eigenvalue weighted by molar-refractivity contribution is 7.91. The van der Waals surface area contributed by atoms with Crippen LogP contribution in [0.4, 0.5) is 0 Å². The number of hydrogen-bond acceptors (Lipinski definition) is 5. The first-order valence-corrected chi connectivity index (χ1v) is 12.7. The Hall–Kier alpha value is -1.16. The highest BCUT2D eigenvalue weighted by atomic mass is 32.2. The van der Waals surface area contributed by atoms with Crippen LogP contribution in [-0.4, -0.2) is 75.4 Å². The van der Waals surface area contributed by atoms with Gasteiger partial charge in [-0.1, -0.05) is 13.8 Å². The van der Waals surface area contributed by atoms with Crippen molar-refractivity contribution in [2.24, 2.45) is 4.99 Å². The molecule has 9 heteroatoms. The summed E-state index contributed by atoms with van der Waals surface area (Å²) in [4.78, 5) is 7.75. The van der Waals surface area contributed by atoms with Crippen LogP contribution >= 0.6 is 11.3 Å². The molecule has 0 aliphatic rings. The molecule has 0 unspecified atom stereocenters. The summed E-state index contributed by atoms with van der Waals surface area (Å²) in [5, 5.41) is 6.66.